The Morgan fingerprint density at radius 1 is 1.12 bits per heavy atom. The molecule has 85 valence electrons. The molecule has 0 aromatic heterocycles. The minimum Gasteiger partial charge on any atom is -0.462 e. The van der Waals surface area contributed by atoms with Crippen LogP contribution >= 0.6 is 0 Å². The molecule has 1 atom stereocenters. The fourth-order valence-electron chi connectivity index (χ4n) is 2.70. The lowest BCUT2D eigenvalue weighted by Crippen LogP contribution is -2.44. The molecule has 2 nitrogen and oxygen atoms in total. The van der Waals surface area contributed by atoms with E-state index in [1.807, 2.05) is 24.3 Å². The first-order valence-corrected chi connectivity index (χ1v) is 6.08. The van der Waals surface area contributed by atoms with Crippen LogP contribution in [0.2, 0.25) is 0 Å². The molecule has 1 aromatic rings. The Labute approximate surface area is 96.6 Å². The zero-order chi connectivity index (χ0) is 11.0. The van der Waals surface area contributed by atoms with Gasteiger partial charge in [-0.05, 0) is 25.8 Å². The van der Waals surface area contributed by atoms with E-state index in [1.54, 1.807) is 0 Å². The zero-order valence-electron chi connectivity index (χ0n) is 9.45. The third kappa shape index (κ3) is 1.61. The van der Waals surface area contributed by atoms with Gasteiger partial charge >= 0.3 is 0 Å². The van der Waals surface area contributed by atoms with Crippen LogP contribution in [-0.2, 0) is 4.74 Å². The molecule has 1 heterocycles. The Morgan fingerprint density at radius 3 is 2.69 bits per heavy atom. The molecule has 16 heavy (non-hydrogen) atoms. The van der Waals surface area contributed by atoms with Crippen LogP contribution in [0.1, 0.15) is 43.8 Å². The summed E-state index contributed by atoms with van der Waals surface area (Å²) in [7, 11) is 0. The van der Waals surface area contributed by atoms with E-state index < -0.39 is 0 Å². The molecule has 0 unspecified atom stereocenters. The highest BCUT2D eigenvalue weighted by Crippen LogP contribution is 2.44. The van der Waals surface area contributed by atoms with E-state index in [-0.39, 0.29) is 11.9 Å². The van der Waals surface area contributed by atoms with Crippen molar-refractivity contribution in [3.63, 3.8) is 0 Å². The van der Waals surface area contributed by atoms with Gasteiger partial charge in [-0.25, -0.2) is 0 Å². The molecule has 3 rings (SSSR count). The maximum absolute atomic E-state index is 6.07. The fraction of sp³-hybridized carbons (Fsp3) is 0.500. The van der Waals surface area contributed by atoms with E-state index in [0.29, 0.717) is 0 Å². The fourth-order valence-corrected chi connectivity index (χ4v) is 2.70. The summed E-state index contributed by atoms with van der Waals surface area (Å²) in [5.74, 6) is 0.564. The predicted molar refractivity (Wildman–Crippen MR) is 62.1 cm³/mol. The van der Waals surface area contributed by atoms with Crippen LogP contribution in [0.5, 0.6) is 5.75 Å². The summed E-state index contributed by atoms with van der Waals surface area (Å²) in [6, 6.07) is 8.06. The highest BCUT2D eigenvalue weighted by molar-refractivity contribution is 5.37. The van der Waals surface area contributed by atoms with Crippen molar-refractivity contribution in [3.05, 3.63) is 36.8 Å². The first kappa shape index (κ1) is 10.2. The van der Waals surface area contributed by atoms with Gasteiger partial charge in [0, 0.05) is 18.4 Å². The predicted octanol–water partition coefficient (Wildman–Crippen LogP) is 3.63. The molecule has 1 aliphatic heterocycles. The quantitative estimate of drug-likeness (QED) is 0.660. The second-order valence-corrected chi connectivity index (χ2v) is 4.72. The number of ether oxygens (including phenoxy) is 2. The average molecular weight is 217 g/mol. The number of para-hydroxylation sites is 1. The van der Waals surface area contributed by atoms with Crippen molar-refractivity contribution in [2.45, 2.75) is 44.0 Å². The smallest absolute Gasteiger partial charge is 0.211 e. The summed E-state index contributed by atoms with van der Waals surface area (Å²) in [6.07, 6.45) is 5.56. The van der Waals surface area contributed by atoms with Crippen molar-refractivity contribution in [2.75, 3.05) is 0 Å². The summed E-state index contributed by atoms with van der Waals surface area (Å²) in [5, 5.41) is 0. The Morgan fingerprint density at radius 2 is 1.88 bits per heavy atom. The van der Waals surface area contributed by atoms with E-state index in [4.69, 9.17) is 9.47 Å². The molecular weight excluding hydrogens is 200 g/mol. The lowest BCUT2D eigenvalue weighted by atomic mass is 9.92. The third-order valence-corrected chi connectivity index (χ3v) is 3.53. The molecule has 1 radical (unpaired) electrons. The van der Waals surface area contributed by atoms with Crippen molar-refractivity contribution >= 4 is 0 Å². The third-order valence-electron chi connectivity index (χ3n) is 3.53. The molecule has 0 amide bonds. The Kier molecular flexibility index (Phi) is 2.40. The standard InChI is InChI=1S/C14H17O2/c1-11-12-7-3-4-8-13(12)16-14(15-11)9-5-2-6-10-14/h3-4,7-8,11H,1-2,5-6,9-10H2/t11-/m0/s1. The van der Waals surface area contributed by atoms with Gasteiger partial charge in [0.15, 0.2) is 0 Å². The van der Waals surface area contributed by atoms with Gasteiger partial charge in [-0.15, -0.1) is 0 Å². The van der Waals surface area contributed by atoms with Gasteiger partial charge in [0.1, 0.15) is 5.75 Å². The van der Waals surface area contributed by atoms with Gasteiger partial charge in [0.2, 0.25) is 5.79 Å². The first-order chi connectivity index (χ1) is 7.79. The lowest BCUT2D eigenvalue weighted by Gasteiger charge is -2.43. The molecule has 1 saturated carbocycles. The highest BCUT2D eigenvalue weighted by atomic mass is 16.7. The SMILES string of the molecule is [CH2][C@@H]1OC2(CCCCC2)Oc2ccccc21. The molecule has 2 heteroatoms. The minimum atomic E-state index is -0.390. The maximum atomic E-state index is 6.07. The molecule has 0 saturated heterocycles. The van der Waals surface area contributed by atoms with Crippen LogP contribution in [0.3, 0.4) is 0 Å². The monoisotopic (exact) mass is 217 g/mol. The van der Waals surface area contributed by atoms with Crippen LogP contribution in [0.4, 0.5) is 0 Å². The van der Waals surface area contributed by atoms with Gasteiger partial charge < -0.3 is 9.47 Å². The van der Waals surface area contributed by atoms with Gasteiger partial charge in [0.05, 0.1) is 6.10 Å². The molecule has 1 aliphatic carbocycles. The molecule has 1 fully saturated rings. The van der Waals surface area contributed by atoms with Crippen LogP contribution in [0.15, 0.2) is 24.3 Å². The van der Waals surface area contributed by atoms with Gasteiger partial charge in [-0.3, -0.25) is 0 Å². The van der Waals surface area contributed by atoms with Gasteiger partial charge in [-0.1, -0.05) is 24.6 Å². The molecule has 1 spiro atoms. The number of benzene rings is 1. The van der Waals surface area contributed by atoms with Crippen molar-refractivity contribution in [2.24, 2.45) is 0 Å². The summed E-state index contributed by atoms with van der Waals surface area (Å²) >= 11 is 0. The van der Waals surface area contributed by atoms with E-state index in [9.17, 15) is 0 Å². The largest absolute Gasteiger partial charge is 0.462 e. The summed E-state index contributed by atoms with van der Waals surface area (Å²) in [6.45, 7) is 4.09. The Hall–Kier alpha value is -1.02. The van der Waals surface area contributed by atoms with Gasteiger partial charge in [-0.2, -0.15) is 0 Å². The van der Waals surface area contributed by atoms with Crippen molar-refractivity contribution in [3.8, 4) is 5.75 Å². The van der Waals surface area contributed by atoms with Crippen LogP contribution in [0, 0.1) is 6.92 Å². The van der Waals surface area contributed by atoms with E-state index in [2.05, 4.69) is 6.92 Å². The molecule has 1 aromatic carbocycles. The molecule has 2 aliphatic rings. The molecule has 0 N–H and O–H groups in total. The molecular formula is C14H17O2. The average Bonchev–Trinajstić information content (AvgIpc) is 2.30. The second kappa shape index (κ2) is 3.77. The summed E-state index contributed by atoms with van der Waals surface area (Å²) in [5.41, 5.74) is 1.07. The van der Waals surface area contributed by atoms with Crippen LogP contribution < -0.4 is 4.74 Å². The number of fused-ring (bicyclic) bond motifs is 1. The number of hydrogen-bond donors (Lipinski definition) is 0. The first-order valence-electron chi connectivity index (χ1n) is 6.08. The van der Waals surface area contributed by atoms with Crippen molar-refractivity contribution in [1.82, 2.24) is 0 Å². The summed E-state index contributed by atoms with van der Waals surface area (Å²) < 4.78 is 12.1. The van der Waals surface area contributed by atoms with E-state index in [0.717, 1.165) is 24.2 Å². The topological polar surface area (TPSA) is 18.5 Å². The van der Waals surface area contributed by atoms with Crippen molar-refractivity contribution in [1.29, 1.82) is 0 Å². The normalized spacial score (nSPS) is 27.2. The highest BCUT2D eigenvalue weighted by Gasteiger charge is 2.41. The Balaban J connectivity index is 1.93. The maximum Gasteiger partial charge on any atom is 0.211 e. The second-order valence-electron chi connectivity index (χ2n) is 4.72. The van der Waals surface area contributed by atoms with E-state index in [1.165, 1.54) is 19.3 Å². The zero-order valence-corrected chi connectivity index (χ0v) is 9.45. The Bertz CT molecular complexity index is 380. The number of rotatable bonds is 0. The van der Waals surface area contributed by atoms with Crippen molar-refractivity contribution < 1.29 is 9.47 Å². The summed E-state index contributed by atoms with van der Waals surface area (Å²) in [4.78, 5) is 0. The minimum absolute atomic E-state index is 0.0944. The number of hydrogen-bond acceptors (Lipinski definition) is 2. The molecule has 0 bridgehead atoms. The van der Waals surface area contributed by atoms with E-state index >= 15 is 0 Å². The van der Waals surface area contributed by atoms with Gasteiger partial charge in [0.25, 0.3) is 0 Å². The van der Waals surface area contributed by atoms with Crippen LogP contribution in [-0.4, -0.2) is 5.79 Å². The lowest BCUT2D eigenvalue weighted by molar-refractivity contribution is -0.235. The van der Waals surface area contributed by atoms with Crippen LogP contribution in [0.25, 0.3) is 0 Å².